The molecule has 19 heavy (non-hydrogen) atoms. The summed E-state index contributed by atoms with van der Waals surface area (Å²) in [5.74, 6) is -1.14. The molecule has 0 atom stereocenters. The van der Waals surface area contributed by atoms with Crippen molar-refractivity contribution in [2.24, 2.45) is 0 Å². The number of ether oxygens (including phenoxy) is 1. The molecule has 5 heteroatoms. The highest BCUT2D eigenvalue weighted by atomic mass is 35.5. The number of benzene rings is 2. The van der Waals surface area contributed by atoms with Crippen LogP contribution in [0.2, 0.25) is 10.0 Å². The number of carbonyl (C=O) groups is 1. The molecule has 2 nitrogen and oxygen atoms in total. The van der Waals surface area contributed by atoms with Crippen LogP contribution in [0.25, 0.3) is 11.1 Å². The van der Waals surface area contributed by atoms with Crippen molar-refractivity contribution in [3.8, 4) is 11.1 Å². The van der Waals surface area contributed by atoms with Crippen molar-refractivity contribution < 1.29 is 13.9 Å². The summed E-state index contributed by atoms with van der Waals surface area (Å²) in [5.41, 5.74) is 0.752. The molecule has 0 aromatic heterocycles. The zero-order chi connectivity index (χ0) is 14.0. The van der Waals surface area contributed by atoms with Gasteiger partial charge in [-0.1, -0.05) is 35.3 Å². The maximum atomic E-state index is 14.0. The average molecular weight is 299 g/mol. The lowest BCUT2D eigenvalue weighted by molar-refractivity contribution is 0.0601. The second-order valence-corrected chi connectivity index (χ2v) is 4.60. The van der Waals surface area contributed by atoms with Crippen molar-refractivity contribution in [3.63, 3.8) is 0 Å². The van der Waals surface area contributed by atoms with Crippen molar-refractivity contribution in [2.45, 2.75) is 0 Å². The average Bonchev–Trinajstić information content (AvgIpc) is 2.41. The van der Waals surface area contributed by atoms with Crippen molar-refractivity contribution in [1.82, 2.24) is 0 Å². The zero-order valence-corrected chi connectivity index (χ0v) is 11.4. The minimum absolute atomic E-state index is 0.140. The third-order valence-corrected chi connectivity index (χ3v) is 3.37. The van der Waals surface area contributed by atoms with Crippen molar-refractivity contribution in [1.29, 1.82) is 0 Å². The Bertz CT molecular complexity index is 641. The van der Waals surface area contributed by atoms with E-state index in [0.29, 0.717) is 15.6 Å². The lowest BCUT2D eigenvalue weighted by atomic mass is 9.99. The Morgan fingerprint density at radius 3 is 2.53 bits per heavy atom. The minimum atomic E-state index is -0.611. The van der Waals surface area contributed by atoms with Crippen LogP contribution in [-0.4, -0.2) is 13.1 Å². The quantitative estimate of drug-likeness (QED) is 0.758. The van der Waals surface area contributed by atoms with Crippen LogP contribution in [0.5, 0.6) is 0 Å². The zero-order valence-electron chi connectivity index (χ0n) is 9.91. The van der Waals surface area contributed by atoms with E-state index in [1.54, 1.807) is 12.1 Å². The molecule has 0 aliphatic heterocycles. The molecule has 0 N–H and O–H groups in total. The molecule has 0 saturated carbocycles. The van der Waals surface area contributed by atoms with Gasteiger partial charge in [0.25, 0.3) is 0 Å². The van der Waals surface area contributed by atoms with Crippen LogP contribution in [0.3, 0.4) is 0 Å². The number of hydrogen-bond donors (Lipinski definition) is 0. The summed E-state index contributed by atoms with van der Waals surface area (Å²) in [4.78, 5) is 11.7. The van der Waals surface area contributed by atoms with Crippen LogP contribution < -0.4 is 0 Å². The van der Waals surface area contributed by atoms with Gasteiger partial charge >= 0.3 is 5.97 Å². The van der Waals surface area contributed by atoms with E-state index in [9.17, 15) is 9.18 Å². The molecule has 0 saturated heterocycles. The fourth-order valence-corrected chi connectivity index (χ4v) is 2.05. The minimum Gasteiger partial charge on any atom is -0.465 e. The van der Waals surface area contributed by atoms with Gasteiger partial charge in [-0.2, -0.15) is 0 Å². The van der Waals surface area contributed by atoms with Gasteiger partial charge in [0.15, 0.2) is 0 Å². The van der Waals surface area contributed by atoms with Gasteiger partial charge in [0.1, 0.15) is 5.82 Å². The smallest absolute Gasteiger partial charge is 0.338 e. The first-order valence-electron chi connectivity index (χ1n) is 5.37. The van der Waals surface area contributed by atoms with E-state index in [4.69, 9.17) is 23.2 Å². The summed E-state index contributed by atoms with van der Waals surface area (Å²) >= 11 is 11.7. The molecule has 2 rings (SSSR count). The number of halogens is 3. The van der Waals surface area contributed by atoms with Crippen LogP contribution in [0.15, 0.2) is 36.4 Å². The SMILES string of the molecule is COC(=O)c1cccc(F)c1-c1ccc(Cl)c(Cl)c1. The first-order valence-corrected chi connectivity index (χ1v) is 6.12. The fourth-order valence-electron chi connectivity index (χ4n) is 1.75. The normalized spacial score (nSPS) is 10.3. The van der Waals surface area contributed by atoms with Crippen LogP contribution >= 0.6 is 23.2 Å². The summed E-state index contributed by atoms with van der Waals surface area (Å²) < 4.78 is 18.6. The molecule has 0 bridgehead atoms. The van der Waals surface area contributed by atoms with Gasteiger partial charge in [-0.15, -0.1) is 0 Å². The summed E-state index contributed by atoms with van der Waals surface area (Å²) in [6.07, 6.45) is 0. The van der Waals surface area contributed by atoms with Gasteiger partial charge in [-0.05, 0) is 29.8 Å². The molecular formula is C14H9Cl2FO2. The van der Waals surface area contributed by atoms with E-state index in [-0.39, 0.29) is 11.1 Å². The monoisotopic (exact) mass is 298 g/mol. The molecule has 0 amide bonds. The molecule has 0 radical (unpaired) electrons. The van der Waals surface area contributed by atoms with Gasteiger partial charge in [-0.3, -0.25) is 0 Å². The summed E-state index contributed by atoms with van der Waals surface area (Å²) in [5, 5.41) is 0.652. The Morgan fingerprint density at radius 2 is 1.89 bits per heavy atom. The molecule has 0 aliphatic rings. The maximum Gasteiger partial charge on any atom is 0.338 e. The Labute approximate surface area is 119 Å². The first-order chi connectivity index (χ1) is 9.04. The number of hydrogen-bond acceptors (Lipinski definition) is 2. The van der Waals surface area contributed by atoms with Crippen molar-refractivity contribution in [2.75, 3.05) is 7.11 Å². The van der Waals surface area contributed by atoms with Crippen LogP contribution in [-0.2, 0) is 4.74 Å². The van der Waals surface area contributed by atoms with Crippen LogP contribution in [0, 0.1) is 5.82 Å². The molecule has 0 unspecified atom stereocenters. The molecule has 0 heterocycles. The molecule has 98 valence electrons. The molecule has 0 spiro atoms. The van der Waals surface area contributed by atoms with E-state index in [1.165, 1.54) is 31.4 Å². The molecular weight excluding hydrogens is 290 g/mol. The van der Waals surface area contributed by atoms with Crippen molar-refractivity contribution in [3.05, 3.63) is 57.8 Å². The van der Waals surface area contributed by atoms with Crippen LogP contribution in [0.4, 0.5) is 4.39 Å². The van der Waals surface area contributed by atoms with Gasteiger partial charge in [0, 0.05) is 5.56 Å². The number of carbonyl (C=O) groups excluding carboxylic acids is 1. The maximum absolute atomic E-state index is 14.0. The number of rotatable bonds is 2. The predicted molar refractivity (Wildman–Crippen MR) is 73.2 cm³/mol. The Hall–Kier alpha value is -1.58. The van der Waals surface area contributed by atoms with E-state index < -0.39 is 11.8 Å². The topological polar surface area (TPSA) is 26.3 Å². The highest BCUT2D eigenvalue weighted by molar-refractivity contribution is 6.42. The standard InChI is InChI=1S/C14H9Cl2FO2/c1-19-14(18)9-3-2-4-12(17)13(9)8-5-6-10(15)11(16)7-8/h2-7H,1H3. The Kier molecular flexibility index (Phi) is 4.08. The third kappa shape index (κ3) is 2.72. The van der Waals surface area contributed by atoms with Gasteiger partial charge in [0.05, 0.1) is 22.7 Å². The van der Waals surface area contributed by atoms with Crippen molar-refractivity contribution >= 4 is 29.2 Å². The second kappa shape index (κ2) is 5.59. The Morgan fingerprint density at radius 1 is 1.16 bits per heavy atom. The first kappa shape index (κ1) is 13.8. The predicted octanol–water partition coefficient (Wildman–Crippen LogP) is 4.59. The van der Waals surface area contributed by atoms with Gasteiger partial charge < -0.3 is 4.74 Å². The van der Waals surface area contributed by atoms with E-state index >= 15 is 0 Å². The summed E-state index contributed by atoms with van der Waals surface area (Å²) in [7, 11) is 1.24. The summed E-state index contributed by atoms with van der Waals surface area (Å²) in [6.45, 7) is 0. The molecule has 0 fully saturated rings. The number of methoxy groups -OCH3 is 1. The highest BCUT2D eigenvalue weighted by Gasteiger charge is 2.17. The van der Waals surface area contributed by atoms with E-state index in [0.717, 1.165) is 0 Å². The molecule has 0 aliphatic carbocycles. The fraction of sp³-hybridized carbons (Fsp3) is 0.0714. The van der Waals surface area contributed by atoms with E-state index in [1.807, 2.05) is 0 Å². The number of esters is 1. The van der Waals surface area contributed by atoms with Gasteiger partial charge in [-0.25, -0.2) is 9.18 Å². The van der Waals surface area contributed by atoms with Crippen LogP contribution in [0.1, 0.15) is 10.4 Å². The summed E-state index contributed by atoms with van der Waals surface area (Å²) in [6, 6.07) is 8.86. The lowest BCUT2D eigenvalue weighted by Crippen LogP contribution is -2.05. The lowest BCUT2D eigenvalue weighted by Gasteiger charge is -2.10. The largest absolute Gasteiger partial charge is 0.465 e. The third-order valence-electron chi connectivity index (χ3n) is 2.63. The molecule has 2 aromatic rings. The Balaban J connectivity index is 2.66. The van der Waals surface area contributed by atoms with E-state index in [2.05, 4.69) is 4.74 Å². The highest BCUT2D eigenvalue weighted by Crippen LogP contribution is 2.32. The van der Waals surface area contributed by atoms with Gasteiger partial charge in [0.2, 0.25) is 0 Å². The second-order valence-electron chi connectivity index (χ2n) is 3.78. The molecule has 2 aromatic carbocycles.